The number of pyridine rings is 1. The van der Waals surface area contributed by atoms with E-state index in [0.29, 0.717) is 22.5 Å². The number of amides is 1. The van der Waals surface area contributed by atoms with E-state index in [9.17, 15) is 13.2 Å². The van der Waals surface area contributed by atoms with Crippen LogP contribution in [-0.4, -0.2) is 32.4 Å². The van der Waals surface area contributed by atoms with Gasteiger partial charge in [-0.05, 0) is 43.2 Å². The predicted molar refractivity (Wildman–Crippen MR) is 103 cm³/mol. The van der Waals surface area contributed by atoms with Gasteiger partial charge in [-0.15, -0.1) is 0 Å². The van der Waals surface area contributed by atoms with E-state index in [4.69, 9.17) is 5.73 Å². The predicted octanol–water partition coefficient (Wildman–Crippen LogP) is 2.35. The Morgan fingerprint density at radius 2 is 2.12 bits per heavy atom. The second-order valence-electron chi connectivity index (χ2n) is 6.16. The number of nitrogens with one attached hydrogen (secondary N) is 1. The van der Waals surface area contributed by atoms with Crippen molar-refractivity contribution in [1.29, 1.82) is 0 Å². The van der Waals surface area contributed by atoms with Crippen molar-refractivity contribution >= 4 is 43.4 Å². The molecular weight excluding hydrogens is 420 g/mol. The summed E-state index contributed by atoms with van der Waals surface area (Å²) in [6.45, 7) is 1.32. The maximum Gasteiger partial charge on any atom is 0.261 e. The van der Waals surface area contributed by atoms with E-state index in [0.717, 1.165) is 19.4 Å². The summed E-state index contributed by atoms with van der Waals surface area (Å²) in [6.07, 6.45) is 3.13. The molecule has 1 aromatic carbocycles. The van der Waals surface area contributed by atoms with E-state index < -0.39 is 10.0 Å². The van der Waals surface area contributed by atoms with Crippen LogP contribution in [0.4, 0.5) is 11.5 Å². The van der Waals surface area contributed by atoms with E-state index in [1.54, 1.807) is 24.3 Å². The van der Waals surface area contributed by atoms with Gasteiger partial charge in [-0.1, -0.05) is 22.0 Å². The SMILES string of the molecule is NC(=O)C1CCCN(c2ccc(NS(=O)(=O)c3cccc(Br)c3)cn2)C1. The van der Waals surface area contributed by atoms with E-state index in [2.05, 4.69) is 25.6 Å². The molecule has 0 saturated carbocycles. The fourth-order valence-corrected chi connectivity index (χ4v) is 4.54. The van der Waals surface area contributed by atoms with E-state index in [1.807, 2.05) is 4.90 Å². The zero-order chi connectivity index (χ0) is 18.7. The highest BCUT2D eigenvalue weighted by Crippen LogP contribution is 2.24. The van der Waals surface area contributed by atoms with Gasteiger partial charge in [0.2, 0.25) is 5.91 Å². The summed E-state index contributed by atoms with van der Waals surface area (Å²) in [5, 5.41) is 0. The molecule has 2 aromatic rings. The van der Waals surface area contributed by atoms with Gasteiger partial charge in [0.15, 0.2) is 0 Å². The summed E-state index contributed by atoms with van der Waals surface area (Å²) in [5.74, 6) is 0.217. The Hall–Kier alpha value is -2.13. The Bertz CT molecular complexity index is 902. The number of piperidine rings is 1. The van der Waals surface area contributed by atoms with Gasteiger partial charge >= 0.3 is 0 Å². The largest absolute Gasteiger partial charge is 0.369 e. The molecule has 0 radical (unpaired) electrons. The third kappa shape index (κ3) is 4.34. The van der Waals surface area contributed by atoms with Crippen LogP contribution < -0.4 is 15.4 Å². The normalized spacial score (nSPS) is 17.7. The summed E-state index contributed by atoms with van der Waals surface area (Å²) in [6, 6.07) is 9.86. The highest BCUT2D eigenvalue weighted by Gasteiger charge is 2.24. The lowest BCUT2D eigenvalue weighted by molar-refractivity contribution is -0.122. The second-order valence-corrected chi connectivity index (χ2v) is 8.75. The fraction of sp³-hybridized carbons (Fsp3) is 0.294. The van der Waals surface area contributed by atoms with Crippen LogP contribution in [-0.2, 0) is 14.8 Å². The number of hydrogen-bond acceptors (Lipinski definition) is 5. The molecule has 1 amide bonds. The first kappa shape index (κ1) is 18.7. The van der Waals surface area contributed by atoms with Crippen LogP contribution in [0.5, 0.6) is 0 Å². The fourth-order valence-electron chi connectivity index (χ4n) is 2.90. The third-order valence-electron chi connectivity index (χ3n) is 4.25. The molecule has 9 heteroatoms. The average molecular weight is 439 g/mol. The standard InChI is InChI=1S/C17H19BrN4O3S/c18-13-4-1-5-15(9-13)26(24,25)21-14-6-7-16(20-10-14)22-8-2-3-12(11-22)17(19)23/h1,4-7,9-10,12,21H,2-3,8,11H2,(H2,19,23). The number of carbonyl (C=O) groups is 1. The summed E-state index contributed by atoms with van der Waals surface area (Å²) in [5.41, 5.74) is 5.77. The van der Waals surface area contributed by atoms with Crippen molar-refractivity contribution in [3.63, 3.8) is 0 Å². The van der Waals surface area contributed by atoms with Crippen LogP contribution in [0.3, 0.4) is 0 Å². The number of halogens is 1. The Morgan fingerprint density at radius 1 is 1.31 bits per heavy atom. The number of hydrogen-bond donors (Lipinski definition) is 2. The number of nitrogens with two attached hydrogens (primary N) is 1. The van der Waals surface area contributed by atoms with Crippen molar-refractivity contribution in [3.05, 3.63) is 47.1 Å². The lowest BCUT2D eigenvalue weighted by Crippen LogP contribution is -2.41. The van der Waals surface area contributed by atoms with Gasteiger partial charge in [0, 0.05) is 17.6 Å². The maximum atomic E-state index is 12.4. The molecule has 3 N–H and O–H groups in total. The zero-order valence-electron chi connectivity index (χ0n) is 13.9. The molecule has 1 saturated heterocycles. The second kappa shape index (κ2) is 7.63. The quantitative estimate of drug-likeness (QED) is 0.744. The Balaban J connectivity index is 1.72. The van der Waals surface area contributed by atoms with E-state index in [1.165, 1.54) is 18.3 Å². The lowest BCUT2D eigenvalue weighted by Gasteiger charge is -2.32. The monoisotopic (exact) mass is 438 g/mol. The number of sulfonamides is 1. The molecule has 3 rings (SSSR count). The van der Waals surface area contributed by atoms with Crippen LogP contribution >= 0.6 is 15.9 Å². The number of nitrogens with zero attached hydrogens (tertiary/aromatic N) is 2. The molecule has 0 bridgehead atoms. The summed E-state index contributed by atoms with van der Waals surface area (Å²) < 4.78 is 28.1. The first-order valence-corrected chi connectivity index (χ1v) is 10.4. The maximum absolute atomic E-state index is 12.4. The van der Waals surface area contributed by atoms with Crippen molar-refractivity contribution in [1.82, 2.24) is 4.98 Å². The molecule has 0 aliphatic carbocycles. The van der Waals surface area contributed by atoms with E-state index in [-0.39, 0.29) is 16.7 Å². The number of anilines is 2. The van der Waals surface area contributed by atoms with Gasteiger partial charge in [0.1, 0.15) is 5.82 Å². The molecule has 1 aliphatic heterocycles. The van der Waals surface area contributed by atoms with Gasteiger partial charge in [0.25, 0.3) is 10.0 Å². The number of carbonyl (C=O) groups excluding carboxylic acids is 1. The van der Waals surface area contributed by atoms with Crippen molar-refractivity contribution < 1.29 is 13.2 Å². The molecule has 26 heavy (non-hydrogen) atoms. The number of primary amides is 1. The minimum absolute atomic E-state index is 0.163. The smallest absolute Gasteiger partial charge is 0.261 e. The highest BCUT2D eigenvalue weighted by atomic mass is 79.9. The van der Waals surface area contributed by atoms with Crippen molar-refractivity contribution in [3.8, 4) is 0 Å². The third-order valence-corrected chi connectivity index (χ3v) is 6.13. The minimum atomic E-state index is -3.69. The molecule has 1 aromatic heterocycles. The van der Waals surface area contributed by atoms with Crippen LogP contribution in [0, 0.1) is 5.92 Å². The molecular formula is C17H19BrN4O3S. The lowest BCUT2D eigenvalue weighted by atomic mass is 9.97. The Morgan fingerprint density at radius 3 is 2.77 bits per heavy atom. The van der Waals surface area contributed by atoms with Gasteiger partial charge < -0.3 is 10.6 Å². The van der Waals surface area contributed by atoms with Gasteiger partial charge in [-0.25, -0.2) is 13.4 Å². The van der Waals surface area contributed by atoms with Crippen LogP contribution in [0.25, 0.3) is 0 Å². The molecule has 0 spiro atoms. The molecule has 1 fully saturated rings. The average Bonchev–Trinajstić information content (AvgIpc) is 2.62. The molecule has 1 unspecified atom stereocenters. The highest BCUT2D eigenvalue weighted by molar-refractivity contribution is 9.10. The van der Waals surface area contributed by atoms with Gasteiger partial charge in [-0.2, -0.15) is 0 Å². The molecule has 7 nitrogen and oxygen atoms in total. The molecule has 1 atom stereocenters. The topological polar surface area (TPSA) is 105 Å². The van der Waals surface area contributed by atoms with Crippen LogP contribution in [0.15, 0.2) is 52.0 Å². The van der Waals surface area contributed by atoms with Crippen LogP contribution in [0.2, 0.25) is 0 Å². The zero-order valence-corrected chi connectivity index (χ0v) is 16.3. The summed E-state index contributed by atoms with van der Waals surface area (Å²) >= 11 is 3.27. The van der Waals surface area contributed by atoms with E-state index >= 15 is 0 Å². The molecule has 1 aliphatic rings. The Labute approximate surface area is 160 Å². The number of aromatic nitrogens is 1. The summed E-state index contributed by atoms with van der Waals surface area (Å²) in [4.78, 5) is 17.9. The first-order chi connectivity index (χ1) is 12.3. The van der Waals surface area contributed by atoms with Crippen molar-refractivity contribution in [2.75, 3.05) is 22.7 Å². The van der Waals surface area contributed by atoms with Crippen LogP contribution in [0.1, 0.15) is 12.8 Å². The Kier molecular flexibility index (Phi) is 5.47. The van der Waals surface area contributed by atoms with Gasteiger partial charge in [-0.3, -0.25) is 9.52 Å². The summed E-state index contributed by atoms with van der Waals surface area (Å²) in [7, 11) is -3.69. The number of benzene rings is 1. The first-order valence-electron chi connectivity index (χ1n) is 8.14. The minimum Gasteiger partial charge on any atom is -0.369 e. The molecule has 2 heterocycles. The van der Waals surface area contributed by atoms with Gasteiger partial charge in [0.05, 0.1) is 22.7 Å². The number of rotatable bonds is 5. The van der Waals surface area contributed by atoms with Crippen molar-refractivity contribution in [2.24, 2.45) is 11.7 Å². The molecule has 138 valence electrons. The van der Waals surface area contributed by atoms with Crippen molar-refractivity contribution in [2.45, 2.75) is 17.7 Å².